The van der Waals surface area contributed by atoms with Gasteiger partial charge in [0.05, 0.1) is 17.7 Å². The maximum atomic E-state index is 6.01. The second-order valence-corrected chi connectivity index (χ2v) is 8.29. The average Bonchev–Trinajstić information content (AvgIpc) is 3.48. The highest BCUT2D eigenvalue weighted by Crippen LogP contribution is 2.39. The number of hydrogen-bond acceptors (Lipinski definition) is 5. The molecular formula is C23H18ClN3OS. The molecule has 1 aliphatic heterocycles. The summed E-state index contributed by atoms with van der Waals surface area (Å²) in [7, 11) is 0. The number of rotatable bonds is 4. The summed E-state index contributed by atoms with van der Waals surface area (Å²) in [6, 6.07) is 20.1. The molecule has 29 heavy (non-hydrogen) atoms. The zero-order chi connectivity index (χ0) is 19.8. The van der Waals surface area contributed by atoms with Gasteiger partial charge < -0.3 is 4.42 Å². The van der Waals surface area contributed by atoms with Crippen molar-refractivity contribution in [2.24, 2.45) is 5.10 Å². The van der Waals surface area contributed by atoms with E-state index in [0.717, 1.165) is 39.8 Å². The fraction of sp³-hybridized carbons (Fsp3) is 0.130. The van der Waals surface area contributed by atoms with Crippen LogP contribution in [-0.4, -0.2) is 10.7 Å². The Kier molecular flexibility index (Phi) is 4.70. The number of aryl methyl sites for hydroxylation is 1. The molecule has 0 aliphatic carbocycles. The number of thiazole rings is 1. The Balaban J connectivity index is 1.51. The number of hydrazone groups is 1. The Labute approximate surface area is 178 Å². The lowest BCUT2D eigenvalue weighted by molar-refractivity contribution is 0.465. The van der Waals surface area contributed by atoms with Crippen molar-refractivity contribution in [1.29, 1.82) is 0 Å². The van der Waals surface area contributed by atoms with Crippen molar-refractivity contribution in [1.82, 2.24) is 4.98 Å². The Hall–Kier alpha value is -2.89. The molecule has 3 heterocycles. The molecule has 4 nitrogen and oxygen atoms in total. The van der Waals surface area contributed by atoms with Gasteiger partial charge in [0.2, 0.25) is 5.13 Å². The third-order valence-electron chi connectivity index (χ3n) is 4.99. The van der Waals surface area contributed by atoms with Crippen molar-refractivity contribution >= 4 is 33.8 Å². The van der Waals surface area contributed by atoms with Crippen LogP contribution in [0.4, 0.5) is 5.13 Å². The molecule has 4 aromatic rings. The Morgan fingerprint density at radius 1 is 1.03 bits per heavy atom. The van der Waals surface area contributed by atoms with Crippen molar-refractivity contribution in [3.05, 3.63) is 94.2 Å². The van der Waals surface area contributed by atoms with Crippen LogP contribution in [-0.2, 0) is 0 Å². The summed E-state index contributed by atoms with van der Waals surface area (Å²) in [5, 5.41) is 10.5. The van der Waals surface area contributed by atoms with E-state index in [0.29, 0.717) is 5.02 Å². The van der Waals surface area contributed by atoms with Crippen LogP contribution >= 0.6 is 22.9 Å². The maximum absolute atomic E-state index is 6.01. The van der Waals surface area contributed by atoms with Gasteiger partial charge in [-0.2, -0.15) is 5.10 Å². The molecule has 144 valence electrons. The Morgan fingerprint density at radius 2 is 1.79 bits per heavy atom. The lowest BCUT2D eigenvalue weighted by Crippen LogP contribution is -2.17. The second-order valence-electron chi connectivity index (χ2n) is 7.01. The Bertz CT molecular complexity index is 1150. The van der Waals surface area contributed by atoms with E-state index >= 15 is 0 Å². The van der Waals surface area contributed by atoms with Crippen molar-refractivity contribution in [2.45, 2.75) is 19.4 Å². The summed E-state index contributed by atoms with van der Waals surface area (Å²) >= 11 is 7.59. The highest BCUT2D eigenvalue weighted by Gasteiger charge is 2.33. The smallest absolute Gasteiger partial charge is 0.207 e. The first-order valence-corrected chi connectivity index (χ1v) is 10.6. The minimum Gasteiger partial charge on any atom is -0.467 e. The molecule has 0 saturated carbocycles. The molecule has 5 rings (SSSR count). The Morgan fingerprint density at radius 3 is 2.52 bits per heavy atom. The first-order valence-electron chi connectivity index (χ1n) is 9.36. The quantitative estimate of drug-likeness (QED) is 0.368. The van der Waals surface area contributed by atoms with Gasteiger partial charge in [-0.25, -0.2) is 9.99 Å². The first-order chi connectivity index (χ1) is 14.2. The van der Waals surface area contributed by atoms with E-state index in [1.807, 2.05) is 41.4 Å². The lowest BCUT2D eigenvalue weighted by atomic mass is 10.0. The predicted octanol–water partition coefficient (Wildman–Crippen LogP) is 6.72. The van der Waals surface area contributed by atoms with Gasteiger partial charge in [-0.1, -0.05) is 53.6 Å². The molecule has 1 aliphatic rings. The number of furan rings is 1. The molecule has 0 bridgehead atoms. The molecule has 2 aromatic carbocycles. The number of halogens is 1. The number of nitrogens with zero attached hydrogens (tertiary/aromatic N) is 3. The normalized spacial score (nSPS) is 16.3. The van der Waals surface area contributed by atoms with Crippen molar-refractivity contribution in [2.75, 3.05) is 5.01 Å². The van der Waals surface area contributed by atoms with E-state index in [1.165, 1.54) is 5.56 Å². The summed E-state index contributed by atoms with van der Waals surface area (Å²) in [6.45, 7) is 2.09. The van der Waals surface area contributed by atoms with Gasteiger partial charge in [-0.15, -0.1) is 11.3 Å². The average molecular weight is 420 g/mol. The van der Waals surface area contributed by atoms with Crippen LogP contribution < -0.4 is 5.01 Å². The standard InChI is InChI=1S/C23H18ClN3OS/c1-15-4-6-16(7-5-15)19-13-21(22-3-2-12-28-22)27(26-19)23-25-20(14-29-23)17-8-10-18(24)11-9-17/h2-12,14,21H,13H2,1H3. The van der Waals surface area contributed by atoms with Crippen molar-refractivity contribution < 1.29 is 4.42 Å². The first kappa shape index (κ1) is 18.2. The van der Waals surface area contributed by atoms with E-state index < -0.39 is 0 Å². The molecule has 0 fully saturated rings. The SMILES string of the molecule is Cc1ccc(C2=NN(c3nc(-c4ccc(Cl)cc4)cs3)C(c3ccco3)C2)cc1. The zero-order valence-electron chi connectivity index (χ0n) is 15.7. The summed E-state index contributed by atoms with van der Waals surface area (Å²) in [6.07, 6.45) is 2.48. The van der Waals surface area contributed by atoms with E-state index in [2.05, 4.69) is 36.6 Å². The lowest BCUT2D eigenvalue weighted by Gasteiger charge is -2.18. The van der Waals surface area contributed by atoms with Gasteiger partial charge in [0.25, 0.3) is 0 Å². The van der Waals surface area contributed by atoms with Crippen LogP contribution in [0, 0.1) is 6.92 Å². The molecule has 6 heteroatoms. The predicted molar refractivity (Wildman–Crippen MR) is 119 cm³/mol. The minimum absolute atomic E-state index is 0.00878. The molecule has 0 saturated heterocycles. The van der Waals surface area contributed by atoms with E-state index in [9.17, 15) is 0 Å². The fourth-order valence-corrected chi connectivity index (χ4v) is 4.39. The van der Waals surface area contributed by atoms with Crippen LogP contribution in [0.15, 0.2) is 81.8 Å². The van der Waals surface area contributed by atoms with E-state index in [4.69, 9.17) is 26.1 Å². The van der Waals surface area contributed by atoms with Crippen LogP contribution in [0.3, 0.4) is 0 Å². The number of benzene rings is 2. The number of anilines is 1. The van der Waals surface area contributed by atoms with Crippen LogP contribution in [0.1, 0.15) is 29.3 Å². The van der Waals surface area contributed by atoms with Gasteiger partial charge in [-0.3, -0.25) is 0 Å². The van der Waals surface area contributed by atoms with Gasteiger partial charge in [-0.05, 0) is 36.8 Å². The summed E-state index contributed by atoms with van der Waals surface area (Å²) in [5.74, 6) is 0.888. The molecule has 0 N–H and O–H groups in total. The minimum atomic E-state index is -0.00878. The second kappa shape index (κ2) is 7.50. The third-order valence-corrected chi connectivity index (χ3v) is 6.08. The van der Waals surface area contributed by atoms with Gasteiger partial charge in [0, 0.05) is 22.4 Å². The van der Waals surface area contributed by atoms with Gasteiger partial charge in [0.15, 0.2) is 0 Å². The summed E-state index contributed by atoms with van der Waals surface area (Å²) < 4.78 is 5.72. The fourth-order valence-electron chi connectivity index (χ4n) is 3.43. The van der Waals surface area contributed by atoms with Gasteiger partial charge in [0.1, 0.15) is 11.8 Å². The topological polar surface area (TPSA) is 41.6 Å². The summed E-state index contributed by atoms with van der Waals surface area (Å²) in [4.78, 5) is 4.85. The van der Waals surface area contributed by atoms with Crippen molar-refractivity contribution in [3.8, 4) is 11.3 Å². The highest BCUT2D eigenvalue weighted by molar-refractivity contribution is 7.14. The summed E-state index contributed by atoms with van der Waals surface area (Å²) in [5.41, 5.74) is 5.35. The van der Waals surface area contributed by atoms with Crippen LogP contribution in [0.2, 0.25) is 5.02 Å². The molecule has 0 amide bonds. The largest absolute Gasteiger partial charge is 0.467 e. The number of hydrogen-bond donors (Lipinski definition) is 0. The molecule has 1 atom stereocenters. The molecule has 2 aromatic heterocycles. The molecule has 1 unspecified atom stereocenters. The monoisotopic (exact) mass is 419 g/mol. The van der Waals surface area contributed by atoms with Crippen molar-refractivity contribution in [3.63, 3.8) is 0 Å². The van der Waals surface area contributed by atoms with Crippen LogP contribution in [0.5, 0.6) is 0 Å². The van der Waals surface area contributed by atoms with E-state index in [1.54, 1.807) is 17.6 Å². The van der Waals surface area contributed by atoms with E-state index in [-0.39, 0.29) is 6.04 Å². The maximum Gasteiger partial charge on any atom is 0.207 e. The number of aromatic nitrogens is 1. The van der Waals surface area contributed by atoms with Crippen LogP contribution in [0.25, 0.3) is 11.3 Å². The molecular weight excluding hydrogens is 402 g/mol. The zero-order valence-corrected chi connectivity index (χ0v) is 17.3. The van der Waals surface area contributed by atoms with Gasteiger partial charge >= 0.3 is 0 Å². The molecule has 0 spiro atoms. The third kappa shape index (κ3) is 3.59. The molecule has 0 radical (unpaired) electrons. The highest BCUT2D eigenvalue weighted by atomic mass is 35.5.